The predicted molar refractivity (Wildman–Crippen MR) is 267 cm³/mol. The van der Waals surface area contributed by atoms with E-state index in [1.807, 2.05) is 33.8 Å². The van der Waals surface area contributed by atoms with Gasteiger partial charge in [-0.3, -0.25) is 0 Å². The van der Waals surface area contributed by atoms with Gasteiger partial charge in [-0.2, -0.15) is 0 Å². The lowest BCUT2D eigenvalue weighted by Crippen LogP contribution is -2.75. The molecule has 3 saturated carbocycles. The number of hydrogen-bond donors (Lipinski definition) is 5. The van der Waals surface area contributed by atoms with E-state index in [-0.39, 0.29) is 25.0 Å². The molecule has 75 heavy (non-hydrogen) atoms. The van der Waals surface area contributed by atoms with Gasteiger partial charge in [-0.1, -0.05) is 43.7 Å². The zero-order valence-electron chi connectivity index (χ0n) is 45.7. The lowest BCUT2D eigenvalue weighted by Gasteiger charge is -2.66. The summed E-state index contributed by atoms with van der Waals surface area (Å²) in [7, 11) is 6.28. The van der Waals surface area contributed by atoms with Crippen LogP contribution in [0.15, 0.2) is 42.0 Å². The summed E-state index contributed by atoms with van der Waals surface area (Å²) in [6.07, 6.45) is -6.44. The summed E-state index contributed by atoms with van der Waals surface area (Å²) in [5.74, 6) is -1.31. The van der Waals surface area contributed by atoms with Crippen LogP contribution >= 0.6 is 0 Å². The average Bonchev–Trinajstić information content (AvgIpc) is 3.73. The molecule has 4 saturated heterocycles. The molecule has 4 heterocycles. The first kappa shape index (κ1) is 57.4. The number of rotatable bonds is 15. The van der Waals surface area contributed by atoms with E-state index in [1.165, 1.54) is 7.11 Å². The van der Waals surface area contributed by atoms with E-state index in [0.29, 0.717) is 56.9 Å². The Labute approximate surface area is 442 Å². The second kappa shape index (κ2) is 22.7. The Kier molecular flexibility index (Phi) is 17.4. The van der Waals surface area contributed by atoms with E-state index in [4.69, 9.17) is 61.6 Å². The summed E-state index contributed by atoms with van der Waals surface area (Å²) >= 11 is 0. The Bertz CT molecular complexity index is 2120. The summed E-state index contributed by atoms with van der Waals surface area (Å²) < 4.78 is 81.3. The number of aliphatic hydroxyl groups is 5. The van der Waals surface area contributed by atoms with Crippen LogP contribution in [-0.4, -0.2) is 194 Å². The van der Waals surface area contributed by atoms with Crippen LogP contribution in [0.25, 0.3) is 0 Å². The van der Waals surface area contributed by atoms with Crippen LogP contribution in [0.1, 0.15) is 123 Å². The maximum absolute atomic E-state index is 13.7. The lowest BCUT2D eigenvalue weighted by atomic mass is 9.42. The molecule has 0 radical (unpaired) electrons. The largest absolute Gasteiger partial charge is 0.458 e. The van der Waals surface area contributed by atoms with Gasteiger partial charge >= 0.3 is 5.97 Å². The molecule has 5 N–H and O–H groups in total. The van der Waals surface area contributed by atoms with Crippen molar-refractivity contribution < 1.29 is 91.9 Å². The molecule has 9 rings (SSSR count). The van der Waals surface area contributed by atoms with E-state index < -0.39 is 150 Å². The first-order valence-corrected chi connectivity index (χ1v) is 27.4. The fourth-order valence-corrected chi connectivity index (χ4v) is 15.1. The Morgan fingerprint density at radius 2 is 1.21 bits per heavy atom. The molecule has 0 aromatic heterocycles. The monoisotopic (exact) mass is 1060 g/mol. The van der Waals surface area contributed by atoms with Crippen molar-refractivity contribution in [3.63, 3.8) is 0 Å². The molecule has 8 aliphatic rings. The molecule has 0 amide bonds. The quantitative estimate of drug-likeness (QED) is 0.120. The van der Waals surface area contributed by atoms with E-state index in [1.54, 1.807) is 59.4 Å². The first-order valence-electron chi connectivity index (χ1n) is 27.4. The third kappa shape index (κ3) is 10.3. The van der Waals surface area contributed by atoms with Gasteiger partial charge in [-0.15, -0.1) is 0 Å². The van der Waals surface area contributed by atoms with Crippen LogP contribution in [0.3, 0.4) is 0 Å². The van der Waals surface area contributed by atoms with Crippen molar-refractivity contribution in [1.82, 2.24) is 0 Å². The minimum absolute atomic E-state index is 0.186. The second-order valence-corrected chi connectivity index (χ2v) is 23.4. The molecule has 26 atom stereocenters. The van der Waals surface area contributed by atoms with Crippen molar-refractivity contribution in [3.05, 3.63) is 47.5 Å². The third-order valence-corrected chi connectivity index (χ3v) is 19.4. The number of benzene rings is 1. The number of methoxy groups -OCH3 is 4. The fraction of sp³-hybridized carbons (Fsp3) is 0.839. The van der Waals surface area contributed by atoms with Gasteiger partial charge in [0, 0.05) is 59.0 Å². The summed E-state index contributed by atoms with van der Waals surface area (Å²) in [6, 6.07) is 8.84. The van der Waals surface area contributed by atoms with Crippen LogP contribution in [-0.2, 0) is 61.6 Å². The summed E-state index contributed by atoms with van der Waals surface area (Å²) in [5.41, 5.74) is -3.20. The van der Waals surface area contributed by atoms with Gasteiger partial charge in [0.2, 0.25) is 0 Å². The molecule has 19 nitrogen and oxygen atoms in total. The fourth-order valence-electron chi connectivity index (χ4n) is 15.1. The highest BCUT2D eigenvalue weighted by atomic mass is 16.8. The van der Waals surface area contributed by atoms with Crippen LogP contribution < -0.4 is 0 Å². The number of hydrogen-bond acceptors (Lipinski definition) is 19. The van der Waals surface area contributed by atoms with Gasteiger partial charge in [0.15, 0.2) is 25.2 Å². The molecular formula is C56H86O19. The van der Waals surface area contributed by atoms with Crippen molar-refractivity contribution in [2.24, 2.45) is 22.7 Å². The highest BCUT2D eigenvalue weighted by molar-refractivity contribution is 5.89. The average molecular weight is 1060 g/mol. The van der Waals surface area contributed by atoms with Gasteiger partial charge in [0.05, 0.1) is 60.5 Å². The van der Waals surface area contributed by atoms with Crippen molar-refractivity contribution in [2.75, 3.05) is 28.4 Å². The molecule has 19 heteroatoms. The predicted octanol–water partition coefficient (Wildman–Crippen LogP) is 4.48. The molecule has 4 aliphatic carbocycles. The number of ether oxygens (including phenoxy) is 13. The molecule has 26 unspecified atom stereocenters. The highest BCUT2D eigenvalue weighted by Crippen LogP contribution is 2.70. The second-order valence-electron chi connectivity index (χ2n) is 23.4. The molecule has 0 bridgehead atoms. The van der Waals surface area contributed by atoms with E-state index >= 15 is 0 Å². The molecule has 7 fully saturated rings. The van der Waals surface area contributed by atoms with Crippen molar-refractivity contribution >= 4 is 5.97 Å². The number of esters is 1. The van der Waals surface area contributed by atoms with Gasteiger partial charge in [-0.05, 0) is 103 Å². The first-order chi connectivity index (χ1) is 35.6. The molecular weight excluding hydrogens is 977 g/mol. The maximum atomic E-state index is 13.7. The molecule has 424 valence electrons. The Hall–Kier alpha value is -2.25. The number of fused-ring (bicyclic) bond motifs is 5. The molecule has 0 spiro atoms. The topological polar surface area (TPSA) is 238 Å². The van der Waals surface area contributed by atoms with Gasteiger partial charge in [0.25, 0.3) is 0 Å². The van der Waals surface area contributed by atoms with Crippen LogP contribution in [0.5, 0.6) is 0 Å². The zero-order valence-corrected chi connectivity index (χ0v) is 45.7. The summed E-state index contributed by atoms with van der Waals surface area (Å²) in [5, 5.41) is 58.5. The number of carbonyl (C=O) groups excluding carboxylic acids is 1. The van der Waals surface area contributed by atoms with Crippen molar-refractivity contribution in [3.8, 4) is 0 Å². The zero-order chi connectivity index (χ0) is 53.9. The minimum atomic E-state index is -1.62. The van der Waals surface area contributed by atoms with Gasteiger partial charge in [0.1, 0.15) is 53.9 Å². The molecule has 1 aromatic carbocycles. The third-order valence-electron chi connectivity index (χ3n) is 19.4. The van der Waals surface area contributed by atoms with Gasteiger partial charge in [-0.25, -0.2) is 4.79 Å². The van der Waals surface area contributed by atoms with Crippen LogP contribution in [0.4, 0.5) is 0 Å². The van der Waals surface area contributed by atoms with Crippen LogP contribution in [0, 0.1) is 22.7 Å². The molecule has 4 aliphatic heterocycles. The Balaban J connectivity index is 0.803. The van der Waals surface area contributed by atoms with Gasteiger partial charge < -0.3 is 87.1 Å². The van der Waals surface area contributed by atoms with E-state index in [2.05, 4.69) is 13.0 Å². The highest BCUT2D eigenvalue weighted by Gasteiger charge is 2.77. The Morgan fingerprint density at radius 1 is 0.667 bits per heavy atom. The smallest absolute Gasteiger partial charge is 0.338 e. The van der Waals surface area contributed by atoms with Crippen molar-refractivity contribution in [2.45, 2.75) is 247 Å². The summed E-state index contributed by atoms with van der Waals surface area (Å²) in [4.78, 5) is 13.7. The van der Waals surface area contributed by atoms with E-state index in [0.717, 1.165) is 5.57 Å². The number of aliphatic hydroxyl groups excluding tert-OH is 3. The standard InChI is InChI=1S/C56H86O19/c1-28(57)36-19-22-56(62)54(36,7)41(72-51(60)33-15-13-12-14-16-33)27-40-53(6)20-18-35(23-34(53)17-21-55(40,56)61)71-42-24-37(63-8)47(30(3)67-42)73-43-25-38(64-9)48(31(4)68-43)74-44-26-39(65-10)49(32(5)69-44)75-52-46(59)50(66-11)45(58)29(2)70-52/h12-17,28-32,35-50,52,57-59,61-62H,18-27H2,1-11H3. The number of carbonyl (C=O) groups is 1. The van der Waals surface area contributed by atoms with Crippen LogP contribution in [0.2, 0.25) is 0 Å². The lowest BCUT2D eigenvalue weighted by molar-refractivity contribution is -0.355. The maximum Gasteiger partial charge on any atom is 0.338 e. The summed E-state index contributed by atoms with van der Waals surface area (Å²) in [6.45, 7) is 13.2. The molecule has 1 aromatic rings. The SMILES string of the molecule is COC1CC(OC2CCC3(C)C(=CCC4(O)C3CC(OC(=O)c3ccccc3)C3(C)C(C(C)O)CCC43O)C2)OC(C)C1OC1CC(OC)C(OC2CC(OC)C(OC3OC(C)C(O)C(OC)C3O)C(C)O2)C(C)O1. The van der Waals surface area contributed by atoms with Crippen molar-refractivity contribution in [1.29, 1.82) is 0 Å². The minimum Gasteiger partial charge on any atom is -0.458 e. The van der Waals surface area contributed by atoms with E-state index in [9.17, 15) is 30.3 Å². The Morgan fingerprint density at radius 3 is 1.75 bits per heavy atom. The normalized spacial score (nSPS) is 49.4.